The number of nitrogens with one attached hydrogen (secondary N) is 2. The summed E-state index contributed by atoms with van der Waals surface area (Å²) in [6.45, 7) is 4.21. The summed E-state index contributed by atoms with van der Waals surface area (Å²) >= 11 is 3.48. The second-order valence-corrected chi connectivity index (χ2v) is 5.05. The molecule has 0 amide bonds. The van der Waals surface area contributed by atoms with Gasteiger partial charge in [-0.25, -0.2) is 0 Å². The summed E-state index contributed by atoms with van der Waals surface area (Å²) in [5.41, 5.74) is 2.32. The van der Waals surface area contributed by atoms with E-state index < -0.39 is 0 Å². The minimum atomic E-state index is 0.508. The fourth-order valence-corrected chi connectivity index (χ4v) is 2.59. The van der Waals surface area contributed by atoms with Gasteiger partial charge in [-0.3, -0.25) is 0 Å². The number of methoxy groups -OCH3 is 1. The molecule has 0 aliphatic carbocycles. The van der Waals surface area contributed by atoms with Crippen LogP contribution >= 0.6 is 15.9 Å². The van der Waals surface area contributed by atoms with E-state index in [1.807, 2.05) is 6.07 Å². The van der Waals surface area contributed by atoms with Gasteiger partial charge in [0.1, 0.15) is 5.75 Å². The molecule has 1 heterocycles. The zero-order valence-corrected chi connectivity index (χ0v) is 11.2. The van der Waals surface area contributed by atoms with Gasteiger partial charge in [-0.2, -0.15) is 0 Å². The third kappa shape index (κ3) is 2.50. The Balaban J connectivity index is 2.23. The predicted molar refractivity (Wildman–Crippen MR) is 70.3 cm³/mol. The molecule has 2 rings (SSSR count). The lowest BCUT2D eigenvalue weighted by Gasteiger charge is -2.18. The largest absolute Gasteiger partial charge is 0.495 e. The van der Waals surface area contributed by atoms with E-state index in [0.717, 1.165) is 29.0 Å². The van der Waals surface area contributed by atoms with Gasteiger partial charge >= 0.3 is 0 Å². The molecule has 1 fully saturated rings. The first-order valence-corrected chi connectivity index (χ1v) is 6.31. The molecule has 4 heteroatoms. The highest BCUT2D eigenvalue weighted by Crippen LogP contribution is 2.32. The zero-order valence-electron chi connectivity index (χ0n) is 9.64. The van der Waals surface area contributed by atoms with Crippen LogP contribution in [0, 0.1) is 6.92 Å². The number of hydrogen-bond donors (Lipinski definition) is 2. The van der Waals surface area contributed by atoms with Crippen LogP contribution in [0.1, 0.15) is 12.0 Å². The molecule has 0 saturated carbocycles. The van der Waals surface area contributed by atoms with Gasteiger partial charge in [0.05, 0.1) is 12.8 Å². The topological polar surface area (TPSA) is 33.3 Å². The molecule has 2 N–H and O–H groups in total. The van der Waals surface area contributed by atoms with Gasteiger partial charge in [0.15, 0.2) is 0 Å². The molecule has 0 spiro atoms. The second kappa shape index (κ2) is 5.06. The van der Waals surface area contributed by atoms with Crippen LogP contribution in [0.15, 0.2) is 16.6 Å². The van der Waals surface area contributed by atoms with Crippen molar-refractivity contribution in [1.82, 2.24) is 5.32 Å². The Morgan fingerprint density at radius 1 is 1.50 bits per heavy atom. The Hall–Kier alpha value is -0.740. The van der Waals surface area contributed by atoms with Gasteiger partial charge in [-0.15, -0.1) is 0 Å². The summed E-state index contributed by atoms with van der Waals surface area (Å²) < 4.78 is 6.46. The Bertz CT molecular complexity index is 376. The molecule has 88 valence electrons. The summed E-state index contributed by atoms with van der Waals surface area (Å²) in [4.78, 5) is 0. The number of halogens is 1. The molecule has 1 aromatic rings. The predicted octanol–water partition coefficient (Wildman–Crippen LogP) is 2.54. The molecule has 1 saturated heterocycles. The van der Waals surface area contributed by atoms with Gasteiger partial charge < -0.3 is 15.4 Å². The number of rotatable bonds is 3. The van der Waals surface area contributed by atoms with Crippen LogP contribution in [0.2, 0.25) is 0 Å². The van der Waals surface area contributed by atoms with Gasteiger partial charge in [-0.1, -0.05) is 15.9 Å². The van der Waals surface area contributed by atoms with E-state index in [2.05, 4.69) is 39.6 Å². The molecule has 16 heavy (non-hydrogen) atoms. The Kier molecular flexibility index (Phi) is 3.71. The number of ether oxygens (including phenoxy) is 1. The normalized spacial score (nSPS) is 19.8. The van der Waals surface area contributed by atoms with Crippen LogP contribution in [-0.2, 0) is 0 Å². The average molecular weight is 285 g/mol. The summed E-state index contributed by atoms with van der Waals surface area (Å²) in [5.74, 6) is 0.902. The Labute approximate surface area is 105 Å². The quantitative estimate of drug-likeness (QED) is 0.895. The number of benzene rings is 1. The maximum absolute atomic E-state index is 5.40. The first kappa shape index (κ1) is 11.7. The van der Waals surface area contributed by atoms with E-state index in [1.54, 1.807) is 7.11 Å². The molecule has 1 aliphatic rings. The molecular weight excluding hydrogens is 268 g/mol. The van der Waals surface area contributed by atoms with Gasteiger partial charge in [-0.05, 0) is 37.6 Å². The maximum atomic E-state index is 5.40. The molecular formula is C12H17BrN2O. The van der Waals surface area contributed by atoms with Crippen molar-refractivity contribution in [3.63, 3.8) is 0 Å². The van der Waals surface area contributed by atoms with Crippen molar-refractivity contribution in [3.05, 3.63) is 22.2 Å². The van der Waals surface area contributed by atoms with Gasteiger partial charge in [0.2, 0.25) is 0 Å². The Morgan fingerprint density at radius 2 is 2.31 bits per heavy atom. The lowest BCUT2D eigenvalue weighted by atomic mass is 10.1. The first-order valence-electron chi connectivity index (χ1n) is 5.52. The standard InChI is InChI=1S/C12H17BrN2O/c1-8-5-9(13)6-11(16-2)12(8)15-10-3-4-14-7-10/h5-6,10,14-15H,3-4,7H2,1-2H3. The lowest BCUT2D eigenvalue weighted by molar-refractivity contribution is 0.415. The number of anilines is 1. The third-order valence-corrected chi connectivity index (χ3v) is 3.35. The van der Waals surface area contributed by atoms with Crippen molar-refractivity contribution in [2.75, 3.05) is 25.5 Å². The summed E-state index contributed by atoms with van der Waals surface area (Å²) in [6.07, 6.45) is 1.17. The van der Waals surface area contributed by atoms with Gasteiger partial charge in [0.25, 0.3) is 0 Å². The molecule has 0 radical (unpaired) electrons. The van der Waals surface area contributed by atoms with Gasteiger partial charge in [0, 0.05) is 17.1 Å². The molecule has 0 aromatic heterocycles. The smallest absolute Gasteiger partial charge is 0.143 e. The Morgan fingerprint density at radius 3 is 2.94 bits per heavy atom. The summed E-state index contributed by atoms with van der Waals surface area (Å²) in [5, 5.41) is 6.90. The van der Waals surface area contributed by atoms with Crippen LogP contribution in [0.3, 0.4) is 0 Å². The highest BCUT2D eigenvalue weighted by Gasteiger charge is 2.17. The third-order valence-electron chi connectivity index (χ3n) is 2.89. The first-order chi connectivity index (χ1) is 7.70. The minimum Gasteiger partial charge on any atom is -0.495 e. The maximum Gasteiger partial charge on any atom is 0.143 e. The molecule has 1 aromatic carbocycles. The van der Waals surface area contributed by atoms with E-state index in [1.165, 1.54) is 12.0 Å². The van der Waals surface area contributed by atoms with Crippen molar-refractivity contribution >= 4 is 21.6 Å². The molecule has 3 nitrogen and oxygen atoms in total. The van der Waals surface area contributed by atoms with E-state index >= 15 is 0 Å². The van der Waals surface area contributed by atoms with Crippen molar-refractivity contribution in [2.24, 2.45) is 0 Å². The SMILES string of the molecule is COc1cc(Br)cc(C)c1NC1CCNC1. The van der Waals surface area contributed by atoms with Crippen molar-refractivity contribution in [1.29, 1.82) is 0 Å². The average Bonchev–Trinajstić information content (AvgIpc) is 2.74. The van der Waals surface area contributed by atoms with E-state index in [0.29, 0.717) is 6.04 Å². The molecule has 0 bridgehead atoms. The summed E-state index contributed by atoms with van der Waals surface area (Å²) in [6, 6.07) is 4.61. The van der Waals surface area contributed by atoms with Crippen LogP contribution in [-0.4, -0.2) is 26.2 Å². The lowest BCUT2D eigenvalue weighted by Crippen LogP contribution is -2.22. The molecule has 1 atom stereocenters. The van der Waals surface area contributed by atoms with E-state index in [-0.39, 0.29) is 0 Å². The van der Waals surface area contributed by atoms with Crippen LogP contribution < -0.4 is 15.4 Å². The molecule has 1 aliphatic heterocycles. The van der Waals surface area contributed by atoms with Crippen LogP contribution in [0.4, 0.5) is 5.69 Å². The van der Waals surface area contributed by atoms with Crippen LogP contribution in [0.25, 0.3) is 0 Å². The van der Waals surface area contributed by atoms with E-state index in [9.17, 15) is 0 Å². The molecule has 1 unspecified atom stereocenters. The highest BCUT2D eigenvalue weighted by molar-refractivity contribution is 9.10. The highest BCUT2D eigenvalue weighted by atomic mass is 79.9. The number of hydrogen-bond acceptors (Lipinski definition) is 3. The fraction of sp³-hybridized carbons (Fsp3) is 0.500. The van der Waals surface area contributed by atoms with Crippen molar-refractivity contribution in [2.45, 2.75) is 19.4 Å². The minimum absolute atomic E-state index is 0.508. The number of aryl methyl sites for hydroxylation is 1. The van der Waals surface area contributed by atoms with Crippen molar-refractivity contribution < 1.29 is 4.74 Å². The van der Waals surface area contributed by atoms with E-state index in [4.69, 9.17) is 4.74 Å². The zero-order chi connectivity index (χ0) is 11.5. The van der Waals surface area contributed by atoms with Crippen molar-refractivity contribution in [3.8, 4) is 5.75 Å². The van der Waals surface area contributed by atoms with Crippen LogP contribution in [0.5, 0.6) is 5.75 Å². The summed E-state index contributed by atoms with van der Waals surface area (Å²) in [7, 11) is 1.71. The fourth-order valence-electron chi connectivity index (χ4n) is 2.04. The monoisotopic (exact) mass is 284 g/mol. The second-order valence-electron chi connectivity index (χ2n) is 4.13.